The minimum Gasteiger partial charge on any atom is -0.323 e. The summed E-state index contributed by atoms with van der Waals surface area (Å²) in [7, 11) is 1.64. The number of non-ortho nitro benzene ring substituents is 1. The van der Waals surface area contributed by atoms with Gasteiger partial charge in [-0.3, -0.25) is 10.1 Å². The molecule has 0 fully saturated rings. The Labute approximate surface area is 138 Å². The van der Waals surface area contributed by atoms with E-state index >= 15 is 0 Å². The van der Waals surface area contributed by atoms with Crippen molar-refractivity contribution in [1.29, 1.82) is 0 Å². The second kappa shape index (κ2) is 7.11. The highest BCUT2D eigenvalue weighted by molar-refractivity contribution is 6.30. The Morgan fingerprint density at radius 3 is 2.70 bits per heavy atom. The first-order chi connectivity index (χ1) is 10.9. The van der Waals surface area contributed by atoms with E-state index in [1.807, 2.05) is 12.1 Å². The number of hydrogen-bond acceptors (Lipinski definition) is 3. The molecule has 0 bridgehead atoms. The standard InChI is InChI=1S/C16H16ClN3O3/c1-11-6-7-14(20(22)23)9-15(11)18-16(21)19(2)10-12-4-3-5-13(17)8-12/h3-9H,10H2,1-2H3,(H,18,21). The molecular formula is C16H16ClN3O3. The van der Waals surface area contributed by atoms with Crippen LogP contribution in [0.2, 0.25) is 5.02 Å². The number of anilines is 1. The maximum atomic E-state index is 12.2. The molecule has 0 aliphatic rings. The van der Waals surface area contributed by atoms with E-state index in [1.54, 1.807) is 32.2 Å². The average molecular weight is 334 g/mol. The zero-order valence-electron chi connectivity index (χ0n) is 12.7. The molecule has 0 saturated carbocycles. The first kappa shape index (κ1) is 16.8. The lowest BCUT2D eigenvalue weighted by Crippen LogP contribution is -2.31. The maximum absolute atomic E-state index is 12.2. The van der Waals surface area contributed by atoms with E-state index in [-0.39, 0.29) is 11.7 Å². The van der Waals surface area contributed by atoms with Crippen LogP contribution >= 0.6 is 11.6 Å². The molecule has 0 radical (unpaired) electrons. The molecule has 6 nitrogen and oxygen atoms in total. The fourth-order valence-corrected chi connectivity index (χ4v) is 2.26. The molecule has 120 valence electrons. The fraction of sp³-hybridized carbons (Fsp3) is 0.188. The zero-order chi connectivity index (χ0) is 17.0. The molecule has 0 atom stereocenters. The van der Waals surface area contributed by atoms with E-state index in [0.29, 0.717) is 17.3 Å². The van der Waals surface area contributed by atoms with Crippen molar-refractivity contribution in [2.24, 2.45) is 0 Å². The number of nitro benzene ring substituents is 1. The highest BCUT2D eigenvalue weighted by Crippen LogP contribution is 2.22. The second-order valence-corrected chi connectivity index (χ2v) is 5.61. The third-order valence-electron chi connectivity index (χ3n) is 3.33. The maximum Gasteiger partial charge on any atom is 0.321 e. The molecule has 2 aromatic carbocycles. The number of nitrogens with zero attached hydrogens (tertiary/aromatic N) is 2. The quantitative estimate of drug-likeness (QED) is 0.672. The van der Waals surface area contributed by atoms with Gasteiger partial charge in [-0.2, -0.15) is 0 Å². The summed E-state index contributed by atoms with van der Waals surface area (Å²) in [6, 6.07) is 11.2. The van der Waals surface area contributed by atoms with Crippen LogP contribution in [0.15, 0.2) is 42.5 Å². The van der Waals surface area contributed by atoms with Crippen molar-refractivity contribution >= 4 is 29.0 Å². The largest absolute Gasteiger partial charge is 0.323 e. The fourth-order valence-electron chi connectivity index (χ4n) is 2.05. The predicted molar refractivity (Wildman–Crippen MR) is 89.8 cm³/mol. The molecule has 2 amide bonds. The van der Waals surface area contributed by atoms with Gasteiger partial charge in [0, 0.05) is 30.7 Å². The van der Waals surface area contributed by atoms with Gasteiger partial charge < -0.3 is 10.2 Å². The SMILES string of the molecule is Cc1ccc([N+](=O)[O-])cc1NC(=O)N(C)Cc1cccc(Cl)c1. The van der Waals surface area contributed by atoms with Crippen LogP contribution in [0.1, 0.15) is 11.1 Å². The molecule has 7 heteroatoms. The number of amides is 2. The number of aryl methyl sites for hydroxylation is 1. The van der Waals surface area contributed by atoms with E-state index in [1.165, 1.54) is 17.0 Å². The average Bonchev–Trinajstić information content (AvgIpc) is 2.49. The van der Waals surface area contributed by atoms with E-state index in [4.69, 9.17) is 11.6 Å². The molecule has 0 aliphatic carbocycles. The Balaban J connectivity index is 2.09. The number of halogens is 1. The predicted octanol–water partition coefficient (Wildman–Crippen LogP) is 4.22. The van der Waals surface area contributed by atoms with E-state index in [0.717, 1.165) is 11.1 Å². The minimum atomic E-state index is -0.495. The molecular weight excluding hydrogens is 318 g/mol. The van der Waals surface area contributed by atoms with Crippen molar-refractivity contribution in [3.05, 3.63) is 68.7 Å². The lowest BCUT2D eigenvalue weighted by Gasteiger charge is -2.19. The molecule has 1 N–H and O–H groups in total. The Kier molecular flexibility index (Phi) is 5.18. The van der Waals surface area contributed by atoms with Crippen LogP contribution in [0.5, 0.6) is 0 Å². The van der Waals surface area contributed by atoms with Gasteiger partial charge in [0.15, 0.2) is 0 Å². The molecule has 23 heavy (non-hydrogen) atoms. The molecule has 0 spiro atoms. The van der Waals surface area contributed by atoms with Gasteiger partial charge in [-0.05, 0) is 30.2 Å². The smallest absolute Gasteiger partial charge is 0.321 e. The molecule has 0 aliphatic heterocycles. The molecule has 2 rings (SSSR count). The summed E-state index contributed by atoms with van der Waals surface area (Å²) in [6.07, 6.45) is 0. The summed E-state index contributed by atoms with van der Waals surface area (Å²) >= 11 is 5.92. The summed E-state index contributed by atoms with van der Waals surface area (Å²) in [5.41, 5.74) is 2.00. The van der Waals surface area contributed by atoms with Crippen LogP contribution in [-0.4, -0.2) is 22.9 Å². The lowest BCUT2D eigenvalue weighted by molar-refractivity contribution is -0.384. The summed E-state index contributed by atoms with van der Waals surface area (Å²) < 4.78 is 0. The van der Waals surface area contributed by atoms with Crippen LogP contribution < -0.4 is 5.32 Å². The number of urea groups is 1. The number of nitrogens with one attached hydrogen (secondary N) is 1. The van der Waals surface area contributed by atoms with Gasteiger partial charge in [-0.1, -0.05) is 29.8 Å². The van der Waals surface area contributed by atoms with Gasteiger partial charge in [0.25, 0.3) is 5.69 Å². The van der Waals surface area contributed by atoms with Crippen molar-refractivity contribution < 1.29 is 9.72 Å². The van der Waals surface area contributed by atoms with Gasteiger partial charge >= 0.3 is 6.03 Å². The minimum absolute atomic E-state index is 0.0663. The van der Waals surface area contributed by atoms with Crippen LogP contribution in [0, 0.1) is 17.0 Å². The third kappa shape index (κ3) is 4.43. The Bertz CT molecular complexity index is 749. The third-order valence-corrected chi connectivity index (χ3v) is 3.56. The zero-order valence-corrected chi connectivity index (χ0v) is 13.5. The number of rotatable bonds is 4. The number of benzene rings is 2. The van der Waals surface area contributed by atoms with E-state index in [2.05, 4.69) is 5.32 Å². The van der Waals surface area contributed by atoms with Crippen LogP contribution in [0.3, 0.4) is 0 Å². The van der Waals surface area contributed by atoms with Gasteiger partial charge in [0.05, 0.1) is 10.6 Å². The Morgan fingerprint density at radius 1 is 1.30 bits per heavy atom. The normalized spacial score (nSPS) is 10.2. The van der Waals surface area contributed by atoms with Gasteiger partial charge in [-0.15, -0.1) is 0 Å². The first-order valence-corrected chi connectivity index (χ1v) is 7.26. The molecule has 0 saturated heterocycles. The van der Waals surface area contributed by atoms with Crippen LogP contribution in [0.25, 0.3) is 0 Å². The van der Waals surface area contributed by atoms with Crippen molar-refractivity contribution in [3.8, 4) is 0 Å². The number of hydrogen-bond donors (Lipinski definition) is 1. The van der Waals surface area contributed by atoms with Crippen LogP contribution in [0.4, 0.5) is 16.2 Å². The van der Waals surface area contributed by atoms with Crippen molar-refractivity contribution in [2.45, 2.75) is 13.5 Å². The molecule has 2 aromatic rings. The Morgan fingerprint density at radius 2 is 2.04 bits per heavy atom. The van der Waals surface area contributed by atoms with Gasteiger partial charge in [-0.25, -0.2) is 4.79 Å². The summed E-state index contributed by atoms with van der Waals surface area (Å²) in [6.45, 7) is 2.15. The first-order valence-electron chi connectivity index (χ1n) is 6.88. The molecule has 0 heterocycles. The number of carbonyl (C=O) groups is 1. The van der Waals surface area contributed by atoms with Crippen molar-refractivity contribution in [3.63, 3.8) is 0 Å². The van der Waals surface area contributed by atoms with Crippen LogP contribution in [-0.2, 0) is 6.54 Å². The van der Waals surface area contributed by atoms with E-state index < -0.39 is 4.92 Å². The lowest BCUT2D eigenvalue weighted by atomic mass is 10.2. The molecule has 0 aromatic heterocycles. The summed E-state index contributed by atoms with van der Waals surface area (Å²) in [4.78, 5) is 24.1. The summed E-state index contributed by atoms with van der Waals surface area (Å²) in [5, 5.41) is 14.1. The van der Waals surface area contributed by atoms with Gasteiger partial charge in [0.1, 0.15) is 0 Å². The highest BCUT2D eigenvalue weighted by Gasteiger charge is 2.14. The second-order valence-electron chi connectivity index (χ2n) is 5.17. The monoisotopic (exact) mass is 333 g/mol. The van der Waals surface area contributed by atoms with E-state index in [9.17, 15) is 14.9 Å². The number of carbonyl (C=O) groups excluding carboxylic acids is 1. The number of nitro groups is 1. The highest BCUT2D eigenvalue weighted by atomic mass is 35.5. The molecule has 0 unspecified atom stereocenters. The van der Waals surface area contributed by atoms with Crippen molar-refractivity contribution in [1.82, 2.24) is 4.90 Å². The van der Waals surface area contributed by atoms with Gasteiger partial charge in [0.2, 0.25) is 0 Å². The van der Waals surface area contributed by atoms with Crippen molar-refractivity contribution in [2.75, 3.05) is 12.4 Å². The topological polar surface area (TPSA) is 75.5 Å². The Hall–Kier alpha value is -2.60. The summed E-state index contributed by atoms with van der Waals surface area (Å²) in [5.74, 6) is 0.